The molecule has 1 heterocycles. The molecule has 0 radical (unpaired) electrons. The lowest BCUT2D eigenvalue weighted by molar-refractivity contribution is 1.21. The summed E-state index contributed by atoms with van der Waals surface area (Å²) in [7, 11) is 0. The van der Waals surface area contributed by atoms with Gasteiger partial charge in [0, 0.05) is 29.2 Å². The Morgan fingerprint density at radius 2 is 2.14 bits per heavy atom. The molecule has 1 aromatic carbocycles. The van der Waals surface area contributed by atoms with Crippen molar-refractivity contribution in [3.63, 3.8) is 0 Å². The molecular weight excluding hydrogens is 176 g/mol. The van der Waals surface area contributed by atoms with E-state index in [4.69, 9.17) is 0 Å². The van der Waals surface area contributed by atoms with Gasteiger partial charge in [0.15, 0.2) is 0 Å². The van der Waals surface area contributed by atoms with Crippen molar-refractivity contribution in [2.45, 2.75) is 6.92 Å². The maximum atomic E-state index is 11.0. The van der Waals surface area contributed by atoms with E-state index in [1.807, 2.05) is 24.3 Å². The van der Waals surface area contributed by atoms with Gasteiger partial charge in [0.1, 0.15) is 0 Å². The second-order valence-corrected chi connectivity index (χ2v) is 3.15. The quantitative estimate of drug-likeness (QED) is 0.756. The zero-order chi connectivity index (χ0) is 9.97. The first-order chi connectivity index (χ1) is 6.79. The fourth-order valence-corrected chi connectivity index (χ4v) is 1.47. The predicted molar refractivity (Wildman–Crippen MR) is 58.7 cm³/mol. The predicted octanol–water partition coefficient (Wildman–Crippen LogP) is 1.96. The lowest BCUT2D eigenvalue weighted by Gasteiger charge is -2.04. The first-order valence-electron chi connectivity index (χ1n) is 4.66. The maximum absolute atomic E-state index is 11.0. The third-order valence-electron chi connectivity index (χ3n) is 2.10. The molecule has 0 saturated carbocycles. The van der Waals surface area contributed by atoms with Gasteiger partial charge in [-0.1, -0.05) is 0 Å². The molecule has 3 heteroatoms. The third kappa shape index (κ3) is 1.62. The molecule has 0 atom stereocenters. The van der Waals surface area contributed by atoms with E-state index in [1.54, 1.807) is 0 Å². The minimum Gasteiger partial charge on any atom is -0.385 e. The number of hydrogen-bond acceptors (Lipinski definition) is 2. The highest BCUT2D eigenvalue weighted by atomic mass is 16.1. The fourth-order valence-electron chi connectivity index (χ4n) is 1.47. The average molecular weight is 188 g/mol. The molecule has 0 amide bonds. The Bertz CT molecular complexity index is 502. The lowest BCUT2D eigenvalue weighted by Crippen LogP contribution is -2.02. The van der Waals surface area contributed by atoms with E-state index in [9.17, 15) is 4.79 Å². The molecule has 0 aliphatic heterocycles. The van der Waals surface area contributed by atoms with Crippen LogP contribution in [0, 0.1) is 0 Å². The molecule has 0 bridgehead atoms. The molecular formula is C11H12N2O. The molecule has 14 heavy (non-hydrogen) atoms. The zero-order valence-corrected chi connectivity index (χ0v) is 8.00. The van der Waals surface area contributed by atoms with Crippen LogP contribution >= 0.6 is 0 Å². The van der Waals surface area contributed by atoms with Gasteiger partial charge >= 0.3 is 0 Å². The van der Waals surface area contributed by atoms with E-state index < -0.39 is 0 Å². The molecule has 0 aliphatic rings. The number of H-pyrrole nitrogens is 1. The Labute approximate surface area is 81.8 Å². The lowest BCUT2D eigenvalue weighted by atomic mass is 10.2. The van der Waals surface area contributed by atoms with Crippen LogP contribution in [0.3, 0.4) is 0 Å². The van der Waals surface area contributed by atoms with Crippen molar-refractivity contribution >= 4 is 16.6 Å². The van der Waals surface area contributed by atoms with Crippen LogP contribution in [-0.2, 0) is 0 Å². The molecule has 0 fully saturated rings. The summed E-state index contributed by atoms with van der Waals surface area (Å²) in [4.78, 5) is 13.8. The number of anilines is 1. The van der Waals surface area contributed by atoms with Crippen LogP contribution in [-0.4, -0.2) is 11.5 Å². The van der Waals surface area contributed by atoms with Gasteiger partial charge in [-0.05, 0) is 31.2 Å². The molecule has 3 nitrogen and oxygen atoms in total. The molecule has 0 spiro atoms. The molecule has 2 aromatic rings. The summed E-state index contributed by atoms with van der Waals surface area (Å²) < 4.78 is 0. The van der Waals surface area contributed by atoms with Crippen molar-refractivity contribution in [3.8, 4) is 0 Å². The Kier molecular flexibility index (Phi) is 2.23. The summed E-state index contributed by atoms with van der Waals surface area (Å²) >= 11 is 0. The van der Waals surface area contributed by atoms with Gasteiger partial charge in [0.05, 0.1) is 0 Å². The van der Waals surface area contributed by atoms with Gasteiger partial charge in [0.25, 0.3) is 0 Å². The second-order valence-electron chi connectivity index (χ2n) is 3.15. The summed E-state index contributed by atoms with van der Waals surface area (Å²) in [5.41, 5.74) is 1.89. The van der Waals surface area contributed by atoms with Crippen LogP contribution in [0.1, 0.15) is 6.92 Å². The fraction of sp³-hybridized carbons (Fsp3) is 0.182. The van der Waals surface area contributed by atoms with Gasteiger partial charge in [-0.3, -0.25) is 4.79 Å². The van der Waals surface area contributed by atoms with Crippen LogP contribution in [0.4, 0.5) is 5.69 Å². The molecule has 2 N–H and O–H groups in total. The summed E-state index contributed by atoms with van der Waals surface area (Å²) in [6, 6.07) is 9.26. The van der Waals surface area contributed by atoms with Gasteiger partial charge in [-0.15, -0.1) is 0 Å². The van der Waals surface area contributed by atoms with Crippen molar-refractivity contribution in [3.05, 3.63) is 40.7 Å². The van der Waals surface area contributed by atoms with Crippen LogP contribution in [0.25, 0.3) is 10.9 Å². The molecule has 0 aliphatic carbocycles. The summed E-state index contributed by atoms with van der Waals surface area (Å²) in [6.07, 6.45) is 0. The van der Waals surface area contributed by atoms with E-state index in [0.29, 0.717) is 0 Å². The van der Waals surface area contributed by atoms with E-state index in [0.717, 1.165) is 23.1 Å². The van der Waals surface area contributed by atoms with Gasteiger partial charge in [-0.25, -0.2) is 0 Å². The van der Waals surface area contributed by atoms with E-state index in [1.165, 1.54) is 6.07 Å². The minimum atomic E-state index is -0.0614. The number of rotatable bonds is 2. The van der Waals surface area contributed by atoms with Gasteiger partial charge < -0.3 is 10.3 Å². The molecule has 0 unspecified atom stereocenters. The van der Waals surface area contributed by atoms with Crippen molar-refractivity contribution in [2.24, 2.45) is 0 Å². The summed E-state index contributed by atoms with van der Waals surface area (Å²) in [5, 5.41) is 4.27. The van der Waals surface area contributed by atoms with E-state index in [-0.39, 0.29) is 5.56 Å². The Morgan fingerprint density at radius 3 is 2.93 bits per heavy atom. The molecule has 2 rings (SSSR count). The topological polar surface area (TPSA) is 44.9 Å². The third-order valence-corrected chi connectivity index (χ3v) is 2.10. The Morgan fingerprint density at radius 1 is 1.29 bits per heavy atom. The van der Waals surface area contributed by atoms with Gasteiger partial charge in [0.2, 0.25) is 5.56 Å². The number of fused-ring (bicyclic) bond motifs is 1. The molecule has 1 aromatic heterocycles. The number of pyridine rings is 1. The monoisotopic (exact) mass is 188 g/mol. The number of benzene rings is 1. The molecule has 72 valence electrons. The van der Waals surface area contributed by atoms with E-state index in [2.05, 4.69) is 17.2 Å². The minimum absolute atomic E-state index is 0.0614. The number of hydrogen-bond donors (Lipinski definition) is 2. The first kappa shape index (κ1) is 8.81. The number of aromatic nitrogens is 1. The normalized spacial score (nSPS) is 10.4. The van der Waals surface area contributed by atoms with Crippen molar-refractivity contribution in [1.29, 1.82) is 0 Å². The summed E-state index contributed by atoms with van der Waals surface area (Å²) in [6.45, 7) is 2.95. The molecule has 0 saturated heterocycles. The standard InChI is InChI=1S/C11H12N2O/c1-2-12-9-4-5-10-8(7-9)3-6-11(14)13-10/h3-7,12H,2H2,1H3,(H,13,14). The van der Waals surface area contributed by atoms with Crippen LogP contribution in [0.5, 0.6) is 0 Å². The van der Waals surface area contributed by atoms with Crippen molar-refractivity contribution in [2.75, 3.05) is 11.9 Å². The van der Waals surface area contributed by atoms with Crippen LogP contribution in [0.2, 0.25) is 0 Å². The first-order valence-corrected chi connectivity index (χ1v) is 4.66. The smallest absolute Gasteiger partial charge is 0.248 e. The van der Waals surface area contributed by atoms with Gasteiger partial charge in [-0.2, -0.15) is 0 Å². The number of nitrogens with one attached hydrogen (secondary N) is 2. The second kappa shape index (κ2) is 3.54. The average Bonchev–Trinajstić information content (AvgIpc) is 2.19. The van der Waals surface area contributed by atoms with Crippen molar-refractivity contribution < 1.29 is 0 Å². The zero-order valence-electron chi connectivity index (χ0n) is 8.00. The largest absolute Gasteiger partial charge is 0.385 e. The Hall–Kier alpha value is -1.77. The highest BCUT2D eigenvalue weighted by molar-refractivity contribution is 5.82. The SMILES string of the molecule is CCNc1ccc2[nH]c(=O)ccc2c1. The number of aromatic amines is 1. The van der Waals surface area contributed by atoms with Crippen LogP contribution < -0.4 is 10.9 Å². The highest BCUT2D eigenvalue weighted by Gasteiger charge is 1.95. The highest BCUT2D eigenvalue weighted by Crippen LogP contribution is 2.15. The van der Waals surface area contributed by atoms with E-state index >= 15 is 0 Å². The van der Waals surface area contributed by atoms with Crippen molar-refractivity contribution in [1.82, 2.24) is 4.98 Å². The summed E-state index contributed by atoms with van der Waals surface area (Å²) in [5.74, 6) is 0. The maximum Gasteiger partial charge on any atom is 0.248 e. The Balaban J connectivity index is 2.56. The van der Waals surface area contributed by atoms with Crippen LogP contribution in [0.15, 0.2) is 35.1 Å².